The molecule has 1 aromatic heterocycles. The van der Waals surface area contributed by atoms with Crippen molar-refractivity contribution in [3.63, 3.8) is 0 Å². The van der Waals surface area contributed by atoms with Gasteiger partial charge in [-0.15, -0.1) is 6.58 Å². The molecular weight excluding hydrogens is 194 g/mol. The zero-order chi connectivity index (χ0) is 13.4. The lowest BCUT2D eigenvalue weighted by atomic mass is 10.4. The van der Waals surface area contributed by atoms with Crippen LogP contribution >= 0.6 is 0 Å². The molecule has 1 heterocycles. The smallest absolute Gasteiger partial charge is 0.0404 e. The highest BCUT2D eigenvalue weighted by atomic mass is 14.6. The van der Waals surface area contributed by atoms with Gasteiger partial charge in [-0.25, -0.2) is 0 Å². The Labute approximate surface area is 102 Å². The maximum atomic E-state index is 3.79. The number of H-pyrrole nitrogens is 1. The monoisotopic (exact) mass is 223 g/mol. The van der Waals surface area contributed by atoms with Crippen LogP contribution in [0.15, 0.2) is 24.9 Å². The van der Waals surface area contributed by atoms with E-state index in [-0.39, 0.29) is 0 Å². The number of rotatable bonds is 0. The van der Waals surface area contributed by atoms with Gasteiger partial charge in [-0.2, -0.15) is 0 Å². The van der Waals surface area contributed by atoms with Crippen LogP contribution in [0.1, 0.15) is 48.0 Å². The SMILES string of the molecule is C=CC.C=c1cc[nH]/c1=C/C.CC.CCC. The first-order chi connectivity index (χ1) is 7.67. The number of nitrogens with one attached hydrogen (secondary N) is 1. The van der Waals surface area contributed by atoms with Crippen molar-refractivity contribution in [1.82, 2.24) is 4.98 Å². The third kappa shape index (κ3) is 15.2. The highest BCUT2D eigenvalue weighted by Crippen LogP contribution is 1.58. The molecule has 0 aromatic carbocycles. The summed E-state index contributed by atoms with van der Waals surface area (Å²) in [6.07, 6.45) is 6.89. The van der Waals surface area contributed by atoms with Crippen molar-refractivity contribution in [1.29, 1.82) is 0 Å². The van der Waals surface area contributed by atoms with Crippen molar-refractivity contribution in [2.75, 3.05) is 0 Å². The molecule has 0 unspecified atom stereocenters. The largest absolute Gasteiger partial charge is 0.361 e. The Hall–Kier alpha value is -1.24. The van der Waals surface area contributed by atoms with E-state index in [0.717, 1.165) is 10.6 Å². The molecule has 94 valence electrons. The van der Waals surface area contributed by atoms with Crippen LogP contribution in [0.2, 0.25) is 0 Å². The molecule has 16 heavy (non-hydrogen) atoms. The van der Waals surface area contributed by atoms with Gasteiger partial charge in [0.05, 0.1) is 0 Å². The minimum Gasteiger partial charge on any atom is -0.361 e. The summed E-state index contributed by atoms with van der Waals surface area (Å²) in [6.45, 7) is 19.3. The molecule has 0 atom stereocenters. The third-order valence-electron chi connectivity index (χ3n) is 1.16. The predicted octanol–water partition coefficient (Wildman–Crippen LogP) is 3.86. The first-order valence-electron chi connectivity index (χ1n) is 6.03. The first-order valence-corrected chi connectivity index (χ1v) is 6.03. The lowest BCUT2D eigenvalue weighted by Crippen LogP contribution is -2.19. The molecule has 0 radical (unpaired) electrons. The van der Waals surface area contributed by atoms with Gasteiger partial charge in [0.25, 0.3) is 0 Å². The molecule has 0 saturated heterocycles. The maximum absolute atomic E-state index is 3.79. The Morgan fingerprint density at radius 1 is 1.25 bits per heavy atom. The molecule has 0 spiro atoms. The average molecular weight is 223 g/mol. The van der Waals surface area contributed by atoms with Gasteiger partial charge >= 0.3 is 0 Å². The Morgan fingerprint density at radius 3 is 1.75 bits per heavy atom. The Bertz CT molecular complexity index is 306. The topological polar surface area (TPSA) is 15.8 Å². The van der Waals surface area contributed by atoms with Crippen LogP contribution in [0.25, 0.3) is 12.7 Å². The van der Waals surface area contributed by atoms with Crippen molar-refractivity contribution < 1.29 is 0 Å². The minimum absolute atomic E-state index is 1.06. The summed E-state index contributed by atoms with van der Waals surface area (Å²) in [5.74, 6) is 0. The Kier molecular flexibility index (Phi) is 24.4. The number of allylic oxidation sites excluding steroid dienone is 1. The van der Waals surface area contributed by atoms with Crippen LogP contribution in [0.3, 0.4) is 0 Å². The molecule has 0 amide bonds. The second kappa shape index (κ2) is 19.4. The van der Waals surface area contributed by atoms with Crippen LogP contribution in [0.5, 0.6) is 0 Å². The highest BCUT2D eigenvalue weighted by Gasteiger charge is 1.75. The van der Waals surface area contributed by atoms with Crippen molar-refractivity contribution in [3.05, 3.63) is 35.5 Å². The molecule has 1 rings (SSSR count). The average Bonchev–Trinajstić information content (AvgIpc) is 2.69. The molecule has 0 aliphatic rings. The molecule has 0 aliphatic heterocycles. The molecule has 0 bridgehead atoms. The standard InChI is InChI=1S/C7H9N.C3H8.C3H6.C2H6/c1-3-7-6(2)4-5-8-7;2*1-3-2;1-2/h3-5,8H,2H2,1H3;3H2,1-2H3;3H,1H2,2H3;1-2H3/b7-3+;;;. The van der Waals surface area contributed by atoms with E-state index < -0.39 is 0 Å². The fourth-order valence-corrected chi connectivity index (χ4v) is 0.683. The van der Waals surface area contributed by atoms with Gasteiger partial charge < -0.3 is 4.98 Å². The van der Waals surface area contributed by atoms with E-state index in [1.54, 1.807) is 6.08 Å². The first kappa shape index (κ1) is 20.2. The van der Waals surface area contributed by atoms with Gasteiger partial charge in [0, 0.05) is 11.5 Å². The van der Waals surface area contributed by atoms with Gasteiger partial charge in [0.15, 0.2) is 0 Å². The second-order valence-electron chi connectivity index (χ2n) is 2.82. The van der Waals surface area contributed by atoms with E-state index in [1.165, 1.54) is 6.42 Å². The lowest BCUT2D eigenvalue weighted by molar-refractivity contribution is 1.09. The van der Waals surface area contributed by atoms with Crippen LogP contribution in [0, 0.1) is 0 Å². The molecule has 0 fully saturated rings. The van der Waals surface area contributed by atoms with E-state index in [2.05, 4.69) is 32.0 Å². The zero-order valence-electron chi connectivity index (χ0n) is 11.9. The van der Waals surface area contributed by atoms with Crippen LogP contribution in [0.4, 0.5) is 0 Å². The van der Waals surface area contributed by atoms with Crippen LogP contribution in [-0.4, -0.2) is 4.98 Å². The predicted molar refractivity (Wildman–Crippen MR) is 78.9 cm³/mol. The quantitative estimate of drug-likeness (QED) is 0.643. The van der Waals surface area contributed by atoms with Gasteiger partial charge in [-0.05, 0) is 25.1 Å². The second-order valence-corrected chi connectivity index (χ2v) is 2.82. The van der Waals surface area contributed by atoms with Gasteiger partial charge in [0.1, 0.15) is 0 Å². The summed E-state index contributed by atoms with van der Waals surface area (Å²) in [6, 6.07) is 1.95. The number of aromatic amines is 1. The molecule has 1 N–H and O–H groups in total. The fraction of sp³-hybridized carbons (Fsp3) is 0.467. The van der Waals surface area contributed by atoms with Gasteiger partial charge in [-0.1, -0.05) is 52.8 Å². The van der Waals surface area contributed by atoms with E-state index in [1.807, 2.05) is 46.0 Å². The Morgan fingerprint density at radius 2 is 1.62 bits per heavy atom. The molecule has 1 heteroatoms. The van der Waals surface area contributed by atoms with Crippen LogP contribution < -0.4 is 10.6 Å². The molecule has 1 nitrogen and oxygen atoms in total. The minimum atomic E-state index is 1.06. The summed E-state index contributed by atoms with van der Waals surface area (Å²) in [7, 11) is 0. The maximum Gasteiger partial charge on any atom is 0.0404 e. The van der Waals surface area contributed by atoms with Gasteiger partial charge in [0.2, 0.25) is 0 Å². The van der Waals surface area contributed by atoms with E-state index in [0.29, 0.717) is 0 Å². The molecule has 0 saturated carbocycles. The zero-order valence-corrected chi connectivity index (χ0v) is 11.9. The summed E-state index contributed by atoms with van der Waals surface area (Å²) in [5.41, 5.74) is 0. The van der Waals surface area contributed by atoms with Crippen molar-refractivity contribution in [2.24, 2.45) is 0 Å². The fourth-order valence-electron chi connectivity index (χ4n) is 0.683. The summed E-state index contributed by atoms with van der Waals surface area (Å²) < 4.78 is 0. The van der Waals surface area contributed by atoms with E-state index in [9.17, 15) is 0 Å². The van der Waals surface area contributed by atoms with Crippen LogP contribution in [-0.2, 0) is 0 Å². The van der Waals surface area contributed by atoms with Gasteiger partial charge in [-0.3, -0.25) is 0 Å². The number of hydrogen-bond donors (Lipinski definition) is 1. The van der Waals surface area contributed by atoms with Crippen molar-refractivity contribution in [2.45, 2.75) is 48.0 Å². The summed E-state index contributed by atoms with van der Waals surface area (Å²) in [4.78, 5) is 3.04. The number of aromatic nitrogens is 1. The van der Waals surface area contributed by atoms with E-state index in [4.69, 9.17) is 0 Å². The molecular formula is C15H29N. The normalized spacial score (nSPS) is 8.50. The Balaban J connectivity index is -0.000000179. The van der Waals surface area contributed by atoms with Crippen molar-refractivity contribution >= 4 is 12.7 Å². The van der Waals surface area contributed by atoms with Crippen molar-refractivity contribution in [3.8, 4) is 0 Å². The summed E-state index contributed by atoms with van der Waals surface area (Å²) >= 11 is 0. The molecule has 1 aromatic rings. The highest BCUT2D eigenvalue weighted by molar-refractivity contribution is 5.18. The van der Waals surface area contributed by atoms with E-state index >= 15 is 0 Å². The lowest BCUT2D eigenvalue weighted by Gasteiger charge is -1.69. The molecule has 0 aliphatic carbocycles. The number of hydrogen-bond acceptors (Lipinski definition) is 0. The third-order valence-corrected chi connectivity index (χ3v) is 1.16. The summed E-state index contributed by atoms with van der Waals surface area (Å²) in [5, 5.41) is 2.18.